The summed E-state index contributed by atoms with van der Waals surface area (Å²) in [5.41, 5.74) is 1.91. The van der Waals surface area contributed by atoms with Gasteiger partial charge >= 0.3 is 6.36 Å². The second kappa shape index (κ2) is 8.48. The summed E-state index contributed by atoms with van der Waals surface area (Å²) in [6.45, 7) is 2.21. The Labute approximate surface area is 177 Å². The van der Waals surface area contributed by atoms with Crippen molar-refractivity contribution >= 4 is 10.8 Å². The minimum absolute atomic E-state index is 0.0183. The molecule has 4 rings (SSSR count). The quantitative estimate of drug-likeness (QED) is 0.375. The molecule has 0 heterocycles. The summed E-state index contributed by atoms with van der Waals surface area (Å²) in [6.07, 6.45) is 0.674. The fourth-order valence-corrected chi connectivity index (χ4v) is 4.57. The summed E-state index contributed by atoms with van der Waals surface area (Å²) >= 11 is 0. The average molecular weight is 434 g/mol. The second-order valence-corrected chi connectivity index (χ2v) is 8.23. The van der Waals surface area contributed by atoms with Crippen molar-refractivity contribution in [2.45, 2.75) is 51.3 Å². The lowest BCUT2D eigenvalue weighted by Gasteiger charge is -2.28. The molecule has 0 spiro atoms. The zero-order valence-electron chi connectivity index (χ0n) is 17.1. The van der Waals surface area contributed by atoms with E-state index in [0.717, 1.165) is 30.4 Å². The zero-order valence-corrected chi connectivity index (χ0v) is 17.1. The Kier molecular flexibility index (Phi) is 5.91. The third-order valence-corrected chi connectivity index (χ3v) is 6.34. The third-order valence-electron chi connectivity index (χ3n) is 6.34. The molecule has 1 aliphatic rings. The molecule has 0 aliphatic heterocycles. The highest BCUT2D eigenvalue weighted by molar-refractivity contribution is 5.89. The minimum Gasteiger partial charge on any atom is -0.403 e. The highest BCUT2D eigenvalue weighted by atomic mass is 19.4. The van der Waals surface area contributed by atoms with E-state index < -0.39 is 17.9 Å². The van der Waals surface area contributed by atoms with Crippen molar-refractivity contribution in [3.63, 3.8) is 0 Å². The molecule has 0 saturated heterocycles. The normalized spacial score (nSPS) is 19.5. The first kappa shape index (κ1) is 21.6. The first-order valence-corrected chi connectivity index (χ1v) is 10.5. The van der Waals surface area contributed by atoms with E-state index in [9.17, 15) is 22.0 Å². The third kappa shape index (κ3) is 4.68. The van der Waals surface area contributed by atoms with Crippen LogP contribution in [0.5, 0.6) is 5.75 Å². The molecule has 0 amide bonds. The number of benzene rings is 3. The van der Waals surface area contributed by atoms with Crippen LogP contribution in [0, 0.1) is 17.6 Å². The highest BCUT2D eigenvalue weighted by Gasteiger charge is 2.32. The molecule has 0 aromatic heterocycles. The molecular weight excluding hydrogens is 411 g/mol. The maximum Gasteiger partial charge on any atom is 0.573 e. The molecule has 1 aliphatic carbocycles. The van der Waals surface area contributed by atoms with E-state index in [1.165, 1.54) is 37.5 Å². The molecule has 0 atom stereocenters. The van der Waals surface area contributed by atoms with Gasteiger partial charge in [-0.1, -0.05) is 43.7 Å². The molecule has 3 aromatic rings. The van der Waals surface area contributed by atoms with Gasteiger partial charge in [0.05, 0.1) is 0 Å². The predicted molar refractivity (Wildman–Crippen MR) is 111 cm³/mol. The monoisotopic (exact) mass is 434 g/mol. The fraction of sp³-hybridized carbons (Fsp3) is 0.360. The summed E-state index contributed by atoms with van der Waals surface area (Å²) in [5.74, 6) is -1.21. The van der Waals surface area contributed by atoms with Gasteiger partial charge in [-0.05, 0) is 72.2 Å². The SMILES string of the molecule is CC[C@H]1CC[C@H](c2ccc(-c3ccc4c(F)c(OC(F)(F)F)ccc4c3)c(F)c2)CC1. The van der Waals surface area contributed by atoms with Gasteiger partial charge in [-0.15, -0.1) is 13.2 Å². The lowest BCUT2D eigenvalue weighted by molar-refractivity contribution is -0.275. The van der Waals surface area contributed by atoms with Crippen molar-refractivity contribution in [1.82, 2.24) is 0 Å². The summed E-state index contributed by atoms with van der Waals surface area (Å²) in [7, 11) is 0. The second-order valence-electron chi connectivity index (χ2n) is 8.23. The van der Waals surface area contributed by atoms with Crippen LogP contribution in [0.2, 0.25) is 0 Å². The van der Waals surface area contributed by atoms with Crippen molar-refractivity contribution in [3.05, 3.63) is 65.7 Å². The smallest absolute Gasteiger partial charge is 0.403 e. The van der Waals surface area contributed by atoms with Gasteiger partial charge in [0, 0.05) is 10.9 Å². The zero-order chi connectivity index (χ0) is 22.2. The van der Waals surface area contributed by atoms with Crippen LogP contribution in [0.3, 0.4) is 0 Å². The highest BCUT2D eigenvalue weighted by Crippen LogP contribution is 2.39. The number of alkyl halides is 3. The Hall–Kier alpha value is -2.63. The molecule has 31 heavy (non-hydrogen) atoms. The van der Waals surface area contributed by atoms with E-state index in [2.05, 4.69) is 11.7 Å². The van der Waals surface area contributed by atoms with Gasteiger partial charge in [0.1, 0.15) is 5.82 Å². The van der Waals surface area contributed by atoms with Crippen LogP contribution in [0.4, 0.5) is 22.0 Å². The molecule has 1 nitrogen and oxygen atoms in total. The Bertz CT molecular complexity index is 1080. The molecule has 1 saturated carbocycles. The standard InChI is InChI=1S/C25H23F5O/c1-2-15-3-5-16(6-4-15)17-7-10-20(22(26)14-17)18-8-11-21-19(13-18)9-12-23(24(21)27)31-25(28,29)30/h7-16H,2-6H2,1H3/t15-,16-. The van der Waals surface area contributed by atoms with E-state index in [0.29, 0.717) is 22.4 Å². The van der Waals surface area contributed by atoms with E-state index in [1.807, 2.05) is 6.07 Å². The number of halogens is 5. The molecule has 164 valence electrons. The topological polar surface area (TPSA) is 9.23 Å². The van der Waals surface area contributed by atoms with Crippen LogP contribution in [-0.4, -0.2) is 6.36 Å². The fourth-order valence-electron chi connectivity index (χ4n) is 4.57. The molecule has 0 radical (unpaired) electrons. The van der Waals surface area contributed by atoms with Crippen molar-refractivity contribution in [2.24, 2.45) is 5.92 Å². The molecule has 3 aromatic carbocycles. The average Bonchev–Trinajstić information content (AvgIpc) is 2.75. The van der Waals surface area contributed by atoms with Crippen LogP contribution >= 0.6 is 0 Å². The largest absolute Gasteiger partial charge is 0.573 e. The Morgan fingerprint density at radius 3 is 2.29 bits per heavy atom. The number of fused-ring (bicyclic) bond motifs is 1. The van der Waals surface area contributed by atoms with Crippen LogP contribution in [0.15, 0.2) is 48.5 Å². The molecular formula is C25H23F5O. The van der Waals surface area contributed by atoms with Gasteiger partial charge in [-0.3, -0.25) is 0 Å². The Balaban J connectivity index is 1.60. The summed E-state index contributed by atoms with van der Waals surface area (Å²) in [6, 6.07) is 12.0. The van der Waals surface area contributed by atoms with Gasteiger partial charge in [-0.25, -0.2) is 8.78 Å². The number of rotatable bonds is 4. The summed E-state index contributed by atoms with van der Waals surface area (Å²) in [5, 5.41) is 0.348. The van der Waals surface area contributed by atoms with Crippen molar-refractivity contribution in [3.8, 4) is 16.9 Å². The van der Waals surface area contributed by atoms with E-state index in [4.69, 9.17) is 0 Å². The van der Waals surface area contributed by atoms with Crippen molar-refractivity contribution < 1.29 is 26.7 Å². The Morgan fingerprint density at radius 2 is 1.65 bits per heavy atom. The molecule has 0 bridgehead atoms. The van der Waals surface area contributed by atoms with E-state index in [1.54, 1.807) is 18.2 Å². The number of ether oxygens (including phenoxy) is 1. The van der Waals surface area contributed by atoms with E-state index >= 15 is 0 Å². The van der Waals surface area contributed by atoms with Crippen LogP contribution in [-0.2, 0) is 0 Å². The van der Waals surface area contributed by atoms with Gasteiger partial charge in [-0.2, -0.15) is 0 Å². The number of hydrogen-bond acceptors (Lipinski definition) is 1. The summed E-state index contributed by atoms with van der Waals surface area (Å²) in [4.78, 5) is 0. The van der Waals surface area contributed by atoms with E-state index in [-0.39, 0.29) is 11.2 Å². The first-order chi connectivity index (χ1) is 14.7. The minimum atomic E-state index is -4.98. The Morgan fingerprint density at radius 1 is 0.903 bits per heavy atom. The molecule has 6 heteroatoms. The van der Waals surface area contributed by atoms with Crippen LogP contribution in [0.1, 0.15) is 50.5 Å². The maximum absolute atomic E-state index is 14.9. The lowest BCUT2D eigenvalue weighted by Crippen LogP contribution is -2.17. The van der Waals surface area contributed by atoms with Gasteiger partial charge < -0.3 is 4.74 Å². The molecule has 0 N–H and O–H groups in total. The van der Waals surface area contributed by atoms with Crippen LogP contribution < -0.4 is 4.74 Å². The van der Waals surface area contributed by atoms with Gasteiger partial charge in [0.15, 0.2) is 11.6 Å². The van der Waals surface area contributed by atoms with Crippen molar-refractivity contribution in [2.75, 3.05) is 0 Å². The summed E-state index contributed by atoms with van der Waals surface area (Å²) < 4.78 is 70.4. The first-order valence-electron chi connectivity index (χ1n) is 10.5. The molecule has 1 fully saturated rings. The van der Waals surface area contributed by atoms with Crippen LogP contribution in [0.25, 0.3) is 21.9 Å². The number of hydrogen-bond donors (Lipinski definition) is 0. The molecule has 0 unspecified atom stereocenters. The van der Waals surface area contributed by atoms with Gasteiger partial charge in [0.2, 0.25) is 0 Å². The maximum atomic E-state index is 14.9. The lowest BCUT2D eigenvalue weighted by atomic mass is 9.77. The van der Waals surface area contributed by atoms with Gasteiger partial charge in [0.25, 0.3) is 0 Å². The van der Waals surface area contributed by atoms with Crippen molar-refractivity contribution in [1.29, 1.82) is 0 Å². The predicted octanol–water partition coefficient (Wildman–Crippen LogP) is 8.37.